The van der Waals surface area contributed by atoms with E-state index in [-0.39, 0.29) is 5.41 Å². The monoisotopic (exact) mass is 244 g/mol. The van der Waals surface area contributed by atoms with Gasteiger partial charge in [0.15, 0.2) is 11.5 Å². The van der Waals surface area contributed by atoms with Crippen LogP contribution in [0.2, 0.25) is 0 Å². The Labute approximate surface area is 106 Å². The smallest absolute Gasteiger partial charge is 0.231 e. The number of nitrogens with zero attached hydrogens (tertiary/aromatic N) is 2. The number of benzene rings is 1. The van der Waals surface area contributed by atoms with Gasteiger partial charge in [-0.25, -0.2) is 4.98 Å². The minimum Gasteiger partial charge on any atom is -0.454 e. The summed E-state index contributed by atoms with van der Waals surface area (Å²) in [6, 6.07) is 5.90. The maximum atomic E-state index is 5.38. The van der Waals surface area contributed by atoms with Gasteiger partial charge in [0.1, 0.15) is 0 Å². The molecule has 18 heavy (non-hydrogen) atoms. The molecule has 0 bridgehead atoms. The SMILES string of the molecule is CC(C)(C)c1cn(-c2ccc3c(c2)OCO3)cn1. The van der Waals surface area contributed by atoms with Crippen LogP contribution >= 0.6 is 0 Å². The molecule has 0 atom stereocenters. The molecule has 4 nitrogen and oxygen atoms in total. The van der Waals surface area contributed by atoms with Gasteiger partial charge >= 0.3 is 0 Å². The number of fused-ring (bicyclic) bond motifs is 1. The van der Waals surface area contributed by atoms with Crippen molar-refractivity contribution in [2.75, 3.05) is 6.79 Å². The number of aromatic nitrogens is 2. The van der Waals surface area contributed by atoms with E-state index in [0.29, 0.717) is 6.79 Å². The van der Waals surface area contributed by atoms with E-state index in [0.717, 1.165) is 22.9 Å². The van der Waals surface area contributed by atoms with E-state index in [2.05, 4.69) is 32.0 Å². The van der Waals surface area contributed by atoms with Crippen molar-refractivity contribution in [3.63, 3.8) is 0 Å². The molecule has 2 heterocycles. The lowest BCUT2D eigenvalue weighted by Gasteiger charge is -2.14. The van der Waals surface area contributed by atoms with Crippen molar-refractivity contribution >= 4 is 0 Å². The molecule has 4 heteroatoms. The van der Waals surface area contributed by atoms with Crippen LogP contribution in [0.1, 0.15) is 26.5 Å². The topological polar surface area (TPSA) is 36.3 Å². The summed E-state index contributed by atoms with van der Waals surface area (Å²) in [6.45, 7) is 6.76. The molecule has 0 saturated heterocycles. The summed E-state index contributed by atoms with van der Waals surface area (Å²) in [4.78, 5) is 4.45. The van der Waals surface area contributed by atoms with Gasteiger partial charge in [0.25, 0.3) is 0 Å². The minimum atomic E-state index is 0.0571. The van der Waals surface area contributed by atoms with E-state index in [4.69, 9.17) is 9.47 Å². The second-order valence-corrected chi connectivity index (χ2v) is 5.45. The van der Waals surface area contributed by atoms with Crippen molar-refractivity contribution in [2.45, 2.75) is 26.2 Å². The Morgan fingerprint density at radius 2 is 1.94 bits per heavy atom. The third-order valence-corrected chi connectivity index (χ3v) is 3.01. The first-order chi connectivity index (χ1) is 8.54. The van der Waals surface area contributed by atoms with Gasteiger partial charge in [0.05, 0.1) is 17.7 Å². The van der Waals surface area contributed by atoms with E-state index in [9.17, 15) is 0 Å². The van der Waals surface area contributed by atoms with Crippen LogP contribution in [0, 0.1) is 0 Å². The molecule has 2 aromatic rings. The fraction of sp³-hybridized carbons (Fsp3) is 0.357. The number of rotatable bonds is 1. The third kappa shape index (κ3) is 1.83. The van der Waals surface area contributed by atoms with Crippen LogP contribution in [0.4, 0.5) is 0 Å². The molecular formula is C14H16N2O2. The highest BCUT2D eigenvalue weighted by Crippen LogP contribution is 2.33. The van der Waals surface area contributed by atoms with Crippen LogP contribution in [-0.4, -0.2) is 16.3 Å². The maximum absolute atomic E-state index is 5.38. The lowest BCUT2D eigenvalue weighted by Crippen LogP contribution is -2.11. The zero-order chi connectivity index (χ0) is 12.8. The molecule has 1 aliphatic heterocycles. The number of hydrogen-bond acceptors (Lipinski definition) is 3. The molecule has 0 aliphatic carbocycles. The molecule has 1 aliphatic rings. The average molecular weight is 244 g/mol. The van der Waals surface area contributed by atoms with E-state index < -0.39 is 0 Å². The molecule has 3 rings (SSSR count). The highest BCUT2D eigenvalue weighted by Gasteiger charge is 2.18. The lowest BCUT2D eigenvalue weighted by molar-refractivity contribution is 0.174. The molecule has 94 valence electrons. The highest BCUT2D eigenvalue weighted by molar-refractivity contribution is 5.50. The van der Waals surface area contributed by atoms with Gasteiger partial charge in [-0.15, -0.1) is 0 Å². The zero-order valence-corrected chi connectivity index (χ0v) is 10.8. The van der Waals surface area contributed by atoms with Crippen molar-refractivity contribution in [3.05, 3.63) is 36.4 Å². The number of imidazole rings is 1. The highest BCUT2D eigenvalue weighted by atomic mass is 16.7. The summed E-state index contributed by atoms with van der Waals surface area (Å²) in [5, 5.41) is 0. The molecule has 0 radical (unpaired) electrons. The normalized spacial score (nSPS) is 13.9. The molecule has 1 aromatic carbocycles. The Hall–Kier alpha value is -1.97. The summed E-state index contributed by atoms with van der Waals surface area (Å²) in [5.41, 5.74) is 2.16. The lowest BCUT2D eigenvalue weighted by atomic mass is 9.93. The van der Waals surface area contributed by atoms with Crippen molar-refractivity contribution in [3.8, 4) is 17.2 Å². The summed E-state index contributed by atoms with van der Waals surface area (Å²) in [6.07, 6.45) is 3.88. The van der Waals surface area contributed by atoms with Crippen LogP contribution in [0.25, 0.3) is 5.69 Å². The third-order valence-electron chi connectivity index (χ3n) is 3.01. The predicted octanol–water partition coefficient (Wildman–Crippen LogP) is 2.90. The fourth-order valence-corrected chi connectivity index (χ4v) is 1.90. The van der Waals surface area contributed by atoms with Crippen LogP contribution in [0.3, 0.4) is 0 Å². The molecule has 0 spiro atoms. The second-order valence-electron chi connectivity index (χ2n) is 5.45. The Kier molecular flexibility index (Phi) is 2.33. The van der Waals surface area contributed by atoms with Gasteiger partial charge < -0.3 is 14.0 Å². The standard InChI is InChI=1S/C14H16N2O2/c1-14(2,3)13-7-16(8-15-13)10-4-5-11-12(6-10)18-9-17-11/h4-8H,9H2,1-3H3. The first-order valence-corrected chi connectivity index (χ1v) is 5.98. The quantitative estimate of drug-likeness (QED) is 0.774. The van der Waals surface area contributed by atoms with Crippen LogP contribution < -0.4 is 9.47 Å². The van der Waals surface area contributed by atoms with Crippen LogP contribution in [-0.2, 0) is 5.41 Å². The van der Waals surface area contributed by atoms with Crippen LogP contribution in [0.15, 0.2) is 30.7 Å². The molecule has 0 unspecified atom stereocenters. The zero-order valence-electron chi connectivity index (χ0n) is 10.8. The van der Waals surface area contributed by atoms with Crippen molar-refractivity contribution in [2.24, 2.45) is 0 Å². The van der Waals surface area contributed by atoms with Crippen molar-refractivity contribution in [1.29, 1.82) is 0 Å². The van der Waals surface area contributed by atoms with E-state index >= 15 is 0 Å². The van der Waals surface area contributed by atoms with Gasteiger partial charge in [0, 0.05) is 17.7 Å². The van der Waals surface area contributed by atoms with E-state index in [1.54, 1.807) is 0 Å². The fourth-order valence-electron chi connectivity index (χ4n) is 1.90. The first kappa shape index (κ1) is 11.1. The maximum Gasteiger partial charge on any atom is 0.231 e. The summed E-state index contributed by atoms with van der Waals surface area (Å²) < 4.78 is 12.7. The Balaban J connectivity index is 1.98. The Morgan fingerprint density at radius 1 is 1.17 bits per heavy atom. The summed E-state index contributed by atoms with van der Waals surface area (Å²) in [5.74, 6) is 1.59. The number of hydrogen-bond donors (Lipinski definition) is 0. The Bertz CT molecular complexity index is 582. The molecule has 1 aromatic heterocycles. The molecule has 0 amide bonds. The van der Waals surface area contributed by atoms with Gasteiger partial charge in [0.2, 0.25) is 6.79 Å². The second kappa shape index (κ2) is 3.77. The van der Waals surface area contributed by atoms with Gasteiger partial charge in [-0.05, 0) is 12.1 Å². The predicted molar refractivity (Wildman–Crippen MR) is 68.4 cm³/mol. The molecule has 0 N–H and O–H groups in total. The minimum absolute atomic E-state index is 0.0571. The van der Waals surface area contributed by atoms with E-state index in [1.807, 2.05) is 29.1 Å². The van der Waals surface area contributed by atoms with Gasteiger partial charge in [-0.2, -0.15) is 0 Å². The summed E-state index contributed by atoms with van der Waals surface area (Å²) in [7, 11) is 0. The van der Waals surface area contributed by atoms with Crippen molar-refractivity contribution < 1.29 is 9.47 Å². The Morgan fingerprint density at radius 3 is 2.67 bits per heavy atom. The largest absolute Gasteiger partial charge is 0.454 e. The van der Waals surface area contributed by atoms with Crippen molar-refractivity contribution in [1.82, 2.24) is 9.55 Å². The van der Waals surface area contributed by atoms with Gasteiger partial charge in [-0.3, -0.25) is 0 Å². The molecule has 0 fully saturated rings. The summed E-state index contributed by atoms with van der Waals surface area (Å²) >= 11 is 0. The average Bonchev–Trinajstić information content (AvgIpc) is 2.96. The first-order valence-electron chi connectivity index (χ1n) is 5.98. The molecular weight excluding hydrogens is 228 g/mol. The molecule has 0 saturated carbocycles. The van der Waals surface area contributed by atoms with Gasteiger partial charge in [-0.1, -0.05) is 20.8 Å². The van der Waals surface area contributed by atoms with Crippen LogP contribution in [0.5, 0.6) is 11.5 Å². The number of ether oxygens (including phenoxy) is 2. The van der Waals surface area contributed by atoms with E-state index in [1.165, 1.54) is 0 Å².